The van der Waals surface area contributed by atoms with Gasteiger partial charge in [0.25, 0.3) is 0 Å². The molecule has 1 atom stereocenters. The topological polar surface area (TPSA) is 78.9 Å². The highest BCUT2D eigenvalue weighted by Crippen LogP contribution is 2.16. The molecule has 6 nitrogen and oxygen atoms in total. The molecule has 70 heavy (non-hydrogen) atoms. The summed E-state index contributed by atoms with van der Waals surface area (Å²) in [6.07, 6.45) is 79.0. The predicted molar refractivity (Wildman–Crippen MR) is 302 cm³/mol. The highest BCUT2D eigenvalue weighted by Gasteiger charge is 2.19. The minimum Gasteiger partial charge on any atom is -0.462 e. The number of hydrogen-bond acceptors (Lipinski definition) is 6. The number of unbranched alkanes of at least 4 members (excludes halogenated alkanes) is 23. The van der Waals surface area contributed by atoms with Crippen LogP contribution in [0.25, 0.3) is 0 Å². The second-order valence-electron chi connectivity index (χ2n) is 18.6. The van der Waals surface area contributed by atoms with Crippen molar-refractivity contribution in [3.8, 4) is 0 Å². The molecule has 1 unspecified atom stereocenters. The monoisotopic (exact) mass is 969 g/mol. The van der Waals surface area contributed by atoms with E-state index in [1.54, 1.807) is 0 Å². The third kappa shape index (κ3) is 54.7. The smallest absolute Gasteiger partial charge is 0.306 e. The Morgan fingerprint density at radius 1 is 0.314 bits per heavy atom. The Morgan fingerprint density at radius 3 is 1.04 bits per heavy atom. The van der Waals surface area contributed by atoms with Gasteiger partial charge in [0.2, 0.25) is 0 Å². The third-order valence-corrected chi connectivity index (χ3v) is 11.8. The van der Waals surface area contributed by atoms with E-state index in [0.29, 0.717) is 19.3 Å². The number of ether oxygens (including phenoxy) is 3. The maximum absolute atomic E-state index is 12.9. The molecule has 0 aromatic rings. The molecule has 0 amide bonds. The summed E-state index contributed by atoms with van der Waals surface area (Å²) in [5, 5.41) is 0. The lowest BCUT2D eigenvalue weighted by molar-refractivity contribution is -0.167. The Balaban J connectivity index is 4.51. The van der Waals surface area contributed by atoms with Crippen LogP contribution in [0, 0.1) is 0 Å². The standard InChI is InChI=1S/C64H104O6/c1-4-7-10-13-16-19-22-25-28-30-32-34-36-39-42-45-48-51-54-57-63(66)69-60-61(59-68-62(65)56-53-50-47-44-41-38-35-27-24-21-18-15-12-9-6-3)70-64(67)58-55-52-49-46-43-40-37-33-31-29-26-23-20-17-14-11-8-5-2/h7,9-10,12,15-16,18-19,21,24-25,27-28,32,34-35,38-39,41-42,61H,4-6,8,11,13-14,17,20,22-23,26,29-31,33,36-37,40,43-60H2,1-3H3/b10-7-,12-9-,18-15-,19-16-,24-21-,28-25-,34-32-,35-27-,41-38-,42-39-. The largest absolute Gasteiger partial charge is 0.462 e. The first-order valence-electron chi connectivity index (χ1n) is 28.6. The van der Waals surface area contributed by atoms with E-state index in [1.807, 2.05) is 48.6 Å². The molecular formula is C64H104O6. The highest BCUT2D eigenvalue weighted by atomic mass is 16.6. The van der Waals surface area contributed by atoms with Gasteiger partial charge in [0.15, 0.2) is 6.10 Å². The van der Waals surface area contributed by atoms with E-state index in [-0.39, 0.29) is 31.1 Å². The third-order valence-electron chi connectivity index (χ3n) is 11.8. The van der Waals surface area contributed by atoms with Gasteiger partial charge in [-0.1, -0.05) is 264 Å². The summed E-state index contributed by atoms with van der Waals surface area (Å²) in [5.41, 5.74) is 0. The van der Waals surface area contributed by atoms with Crippen molar-refractivity contribution in [2.45, 2.75) is 252 Å². The van der Waals surface area contributed by atoms with E-state index in [0.717, 1.165) is 109 Å². The second-order valence-corrected chi connectivity index (χ2v) is 18.6. The van der Waals surface area contributed by atoms with Gasteiger partial charge in [0.1, 0.15) is 13.2 Å². The van der Waals surface area contributed by atoms with Gasteiger partial charge < -0.3 is 14.2 Å². The first kappa shape index (κ1) is 65.8. The number of carbonyl (C=O) groups excluding carboxylic acids is 3. The molecule has 0 aliphatic rings. The molecule has 0 aliphatic heterocycles. The molecule has 0 fully saturated rings. The van der Waals surface area contributed by atoms with Crippen molar-refractivity contribution >= 4 is 17.9 Å². The van der Waals surface area contributed by atoms with E-state index in [2.05, 4.69) is 93.7 Å². The van der Waals surface area contributed by atoms with Crippen molar-refractivity contribution in [3.05, 3.63) is 122 Å². The maximum atomic E-state index is 12.9. The van der Waals surface area contributed by atoms with Gasteiger partial charge >= 0.3 is 17.9 Å². The van der Waals surface area contributed by atoms with Gasteiger partial charge in [-0.15, -0.1) is 0 Å². The Bertz CT molecular complexity index is 1490. The molecular weight excluding hydrogens is 865 g/mol. The molecule has 0 spiro atoms. The van der Waals surface area contributed by atoms with Crippen molar-refractivity contribution in [1.29, 1.82) is 0 Å². The molecule has 0 saturated heterocycles. The normalized spacial score (nSPS) is 13.0. The van der Waals surface area contributed by atoms with Crippen LogP contribution in [-0.2, 0) is 28.6 Å². The fourth-order valence-corrected chi connectivity index (χ4v) is 7.61. The second kappa shape index (κ2) is 57.4. The van der Waals surface area contributed by atoms with Crippen LogP contribution in [0.15, 0.2) is 122 Å². The zero-order chi connectivity index (χ0) is 50.7. The van der Waals surface area contributed by atoms with Crippen LogP contribution < -0.4 is 0 Å². The Morgan fingerprint density at radius 2 is 0.629 bits per heavy atom. The predicted octanol–water partition coefficient (Wildman–Crippen LogP) is 19.3. The molecule has 396 valence electrons. The van der Waals surface area contributed by atoms with Crippen LogP contribution in [0.4, 0.5) is 0 Å². The fraction of sp³-hybridized carbons (Fsp3) is 0.641. The molecule has 0 aromatic carbocycles. The lowest BCUT2D eigenvalue weighted by Crippen LogP contribution is -2.30. The lowest BCUT2D eigenvalue weighted by atomic mass is 10.0. The Kier molecular flexibility index (Phi) is 54.0. The molecule has 6 heteroatoms. The van der Waals surface area contributed by atoms with Crippen molar-refractivity contribution in [2.24, 2.45) is 0 Å². The summed E-state index contributed by atoms with van der Waals surface area (Å²) in [6, 6.07) is 0. The first-order chi connectivity index (χ1) is 34.5. The first-order valence-corrected chi connectivity index (χ1v) is 28.6. The minimum absolute atomic E-state index is 0.111. The van der Waals surface area contributed by atoms with Crippen LogP contribution in [0.5, 0.6) is 0 Å². The van der Waals surface area contributed by atoms with Gasteiger partial charge in [-0.3, -0.25) is 14.4 Å². The van der Waals surface area contributed by atoms with Gasteiger partial charge in [-0.05, 0) is 83.5 Å². The molecule has 0 N–H and O–H groups in total. The van der Waals surface area contributed by atoms with Crippen LogP contribution in [0.2, 0.25) is 0 Å². The summed E-state index contributed by atoms with van der Waals surface area (Å²) in [6.45, 7) is 6.32. The van der Waals surface area contributed by atoms with Gasteiger partial charge in [-0.25, -0.2) is 0 Å². The molecule has 0 heterocycles. The zero-order valence-electron chi connectivity index (χ0n) is 45.2. The quantitative estimate of drug-likeness (QED) is 0.0199. The van der Waals surface area contributed by atoms with Crippen molar-refractivity contribution in [1.82, 2.24) is 0 Å². The van der Waals surface area contributed by atoms with Crippen molar-refractivity contribution in [3.63, 3.8) is 0 Å². The van der Waals surface area contributed by atoms with Crippen molar-refractivity contribution in [2.75, 3.05) is 13.2 Å². The van der Waals surface area contributed by atoms with E-state index in [4.69, 9.17) is 14.2 Å². The van der Waals surface area contributed by atoms with E-state index < -0.39 is 6.10 Å². The summed E-state index contributed by atoms with van der Waals surface area (Å²) in [7, 11) is 0. The molecule has 0 bridgehead atoms. The van der Waals surface area contributed by atoms with Crippen LogP contribution in [0.3, 0.4) is 0 Å². The summed E-state index contributed by atoms with van der Waals surface area (Å²) >= 11 is 0. The van der Waals surface area contributed by atoms with Crippen LogP contribution >= 0.6 is 0 Å². The number of carbonyl (C=O) groups is 3. The zero-order valence-corrected chi connectivity index (χ0v) is 45.2. The minimum atomic E-state index is -0.812. The van der Waals surface area contributed by atoms with E-state index in [1.165, 1.54) is 96.3 Å². The summed E-state index contributed by atoms with van der Waals surface area (Å²) < 4.78 is 16.8. The summed E-state index contributed by atoms with van der Waals surface area (Å²) in [5.74, 6) is -0.980. The van der Waals surface area contributed by atoms with Crippen LogP contribution in [-0.4, -0.2) is 37.2 Å². The van der Waals surface area contributed by atoms with Gasteiger partial charge in [-0.2, -0.15) is 0 Å². The van der Waals surface area contributed by atoms with E-state index in [9.17, 15) is 14.4 Å². The molecule has 0 radical (unpaired) electrons. The average molecular weight is 970 g/mol. The molecule has 0 aliphatic carbocycles. The van der Waals surface area contributed by atoms with Crippen LogP contribution in [0.1, 0.15) is 245 Å². The molecule has 0 aromatic heterocycles. The maximum Gasteiger partial charge on any atom is 0.306 e. The van der Waals surface area contributed by atoms with Gasteiger partial charge in [0, 0.05) is 19.3 Å². The molecule has 0 saturated carbocycles. The number of allylic oxidation sites excluding steroid dienone is 20. The number of esters is 3. The highest BCUT2D eigenvalue weighted by molar-refractivity contribution is 5.71. The number of rotatable bonds is 50. The molecule has 0 rings (SSSR count). The summed E-state index contributed by atoms with van der Waals surface area (Å²) in [4.78, 5) is 38.2. The van der Waals surface area contributed by atoms with E-state index >= 15 is 0 Å². The number of hydrogen-bond donors (Lipinski definition) is 0. The average Bonchev–Trinajstić information content (AvgIpc) is 3.36. The fourth-order valence-electron chi connectivity index (χ4n) is 7.61. The Labute approximate surface area is 431 Å². The SMILES string of the molecule is CC\C=C/C=C\C=C/C=C\C=C/CCCCCC(=O)OCC(COC(=O)CCCCC/C=C\C/C=C\C/C=C\C/C=C\C/C=C\CC)OC(=O)CCCCCCCCCCCCCCCCCCCC. The lowest BCUT2D eigenvalue weighted by Gasteiger charge is -2.18. The Hall–Kier alpha value is -4.19. The van der Waals surface area contributed by atoms with Gasteiger partial charge in [0.05, 0.1) is 0 Å². The van der Waals surface area contributed by atoms with Crippen molar-refractivity contribution < 1.29 is 28.6 Å².